The van der Waals surface area contributed by atoms with Crippen LogP contribution in [0.25, 0.3) is 0 Å². The largest absolute Gasteiger partial charge is 0.387 e. The number of carbonyl (C=O) groups excluding carboxylic acids is 1. The van der Waals surface area contributed by atoms with Crippen molar-refractivity contribution in [1.82, 2.24) is 5.32 Å². The maximum atomic E-state index is 12.4. The zero-order chi connectivity index (χ0) is 32.6. The van der Waals surface area contributed by atoms with Crippen LogP contribution < -0.4 is 5.32 Å². The van der Waals surface area contributed by atoms with Crippen molar-refractivity contribution in [2.75, 3.05) is 5.75 Å². The van der Waals surface area contributed by atoms with Gasteiger partial charge in [0.1, 0.15) is 0 Å². The minimum absolute atomic E-state index is 0.172. The fraction of sp³-hybridized carbons (Fsp3) is 0.703. The molecule has 0 saturated carbocycles. The number of aliphatic hydroxyl groups is 1. The van der Waals surface area contributed by atoms with Crippen molar-refractivity contribution in [1.29, 1.82) is 0 Å². The monoisotopic (exact) mass is 635 g/mol. The van der Waals surface area contributed by atoms with E-state index in [2.05, 4.69) is 55.6 Å². The molecule has 0 aromatic rings. The van der Waals surface area contributed by atoms with Crippen molar-refractivity contribution >= 4 is 16.0 Å². The molecule has 0 fully saturated rings. The predicted molar refractivity (Wildman–Crippen MR) is 188 cm³/mol. The average molecular weight is 636 g/mol. The Bertz CT molecular complexity index is 920. The number of hydrogen-bond donors (Lipinski definition) is 3. The topological polar surface area (TPSA) is 104 Å². The summed E-state index contributed by atoms with van der Waals surface area (Å²) in [7, 11) is -4.36. The first-order chi connectivity index (χ1) is 21.3. The Kier molecular flexibility index (Phi) is 29.7. The first-order valence-corrected chi connectivity index (χ1v) is 19.1. The van der Waals surface area contributed by atoms with Crippen LogP contribution in [0.3, 0.4) is 0 Å². The minimum Gasteiger partial charge on any atom is -0.387 e. The third-order valence-electron chi connectivity index (χ3n) is 7.46. The smallest absolute Gasteiger partial charge is 0.267 e. The zero-order valence-corrected chi connectivity index (χ0v) is 28.8. The van der Waals surface area contributed by atoms with Crippen molar-refractivity contribution in [2.45, 2.75) is 161 Å². The number of amides is 1. The number of rotatable bonds is 30. The molecule has 2 unspecified atom stereocenters. The van der Waals surface area contributed by atoms with E-state index in [4.69, 9.17) is 0 Å². The van der Waals surface area contributed by atoms with Crippen molar-refractivity contribution in [2.24, 2.45) is 0 Å². The first kappa shape index (κ1) is 42.0. The Hall–Kier alpha value is -1.96. The van der Waals surface area contributed by atoms with Crippen LogP contribution in [0.15, 0.2) is 60.8 Å². The second kappa shape index (κ2) is 31.0. The molecular formula is C37H65NO5S. The van der Waals surface area contributed by atoms with E-state index in [0.717, 1.165) is 44.9 Å². The molecule has 0 spiro atoms. The van der Waals surface area contributed by atoms with Crippen LogP contribution in [0.4, 0.5) is 0 Å². The molecule has 0 aliphatic heterocycles. The SMILES string of the molecule is CC/C=C\C/C=C\C/C=C\C/C=C\CCC(=O)NC(CS(=O)(=O)O)C(O)/C=C/CCCCCCCCCCCCCCCC. The lowest BCUT2D eigenvalue weighted by atomic mass is 10.0. The molecule has 0 heterocycles. The lowest BCUT2D eigenvalue weighted by Crippen LogP contribution is -2.46. The summed E-state index contributed by atoms with van der Waals surface area (Å²) in [5.41, 5.74) is 0. The van der Waals surface area contributed by atoms with Crippen molar-refractivity contribution in [3.05, 3.63) is 60.8 Å². The van der Waals surface area contributed by atoms with Crippen molar-refractivity contribution in [3.63, 3.8) is 0 Å². The van der Waals surface area contributed by atoms with Crippen LogP contribution in [-0.4, -0.2) is 41.9 Å². The third kappa shape index (κ3) is 31.5. The van der Waals surface area contributed by atoms with Gasteiger partial charge in [0, 0.05) is 6.42 Å². The van der Waals surface area contributed by atoms with Gasteiger partial charge in [-0.2, -0.15) is 8.42 Å². The third-order valence-corrected chi connectivity index (χ3v) is 8.24. The van der Waals surface area contributed by atoms with Gasteiger partial charge in [-0.25, -0.2) is 0 Å². The average Bonchev–Trinajstić information content (AvgIpc) is 2.98. The van der Waals surface area contributed by atoms with Crippen LogP contribution in [0.5, 0.6) is 0 Å². The lowest BCUT2D eigenvalue weighted by Gasteiger charge is -2.20. The molecule has 6 nitrogen and oxygen atoms in total. The number of carbonyl (C=O) groups is 1. The van der Waals surface area contributed by atoms with Crippen LogP contribution in [0, 0.1) is 0 Å². The van der Waals surface area contributed by atoms with Crippen molar-refractivity contribution < 1.29 is 22.9 Å². The van der Waals surface area contributed by atoms with Crippen molar-refractivity contribution in [3.8, 4) is 0 Å². The van der Waals surface area contributed by atoms with Gasteiger partial charge in [0.05, 0.1) is 17.9 Å². The molecule has 0 bridgehead atoms. The highest BCUT2D eigenvalue weighted by Crippen LogP contribution is 2.14. The fourth-order valence-electron chi connectivity index (χ4n) is 4.87. The molecule has 2 atom stereocenters. The van der Waals surface area contributed by atoms with Gasteiger partial charge in [0.25, 0.3) is 10.1 Å². The van der Waals surface area contributed by atoms with Gasteiger partial charge < -0.3 is 10.4 Å². The van der Waals surface area contributed by atoms with Gasteiger partial charge in [-0.15, -0.1) is 0 Å². The molecule has 0 rings (SSSR count). The Morgan fingerprint density at radius 1 is 0.636 bits per heavy atom. The molecule has 0 aromatic carbocycles. The van der Waals surface area contributed by atoms with Gasteiger partial charge in [-0.1, -0.05) is 158 Å². The highest BCUT2D eigenvalue weighted by molar-refractivity contribution is 7.85. The fourth-order valence-corrected chi connectivity index (χ4v) is 5.60. The van der Waals surface area contributed by atoms with Gasteiger partial charge in [-0.05, 0) is 44.9 Å². The van der Waals surface area contributed by atoms with E-state index in [1.165, 1.54) is 83.1 Å². The van der Waals surface area contributed by atoms with E-state index in [1.54, 1.807) is 0 Å². The van der Waals surface area contributed by atoms with E-state index < -0.39 is 28.0 Å². The molecule has 0 aromatic heterocycles. The van der Waals surface area contributed by atoms with Gasteiger partial charge in [-0.3, -0.25) is 9.35 Å². The summed E-state index contributed by atoms with van der Waals surface area (Å²) < 4.78 is 32.3. The molecule has 7 heteroatoms. The maximum Gasteiger partial charge on any atom is 0.267 e. The summed E-state index contributed by atoms with van der Waals surface area (Å²) in [5, 5.41) is 13.1. The lowest BCUT2D eigenvalue weighted by molar-refractivity contribution is -0.122. The van der Waals surface area contributed by atoms with Gasteiger partial charge in [0.2, 0.25) is 5.91 Å². The molecule has 254 valence electrons. The first-order valence-electron chi connectivity index (χ1n) is 17.5. The van der Waals surface area contributed by atoms with Crippen LogP contribution in [0.2, 0.25) is 0 Å². The van der Waals surface area contributed by atoms with E-state index >= 15 is 0 Å². The zero-order valence-electron chi connectivity index (χ0n) is 28.0. The van der Waals surface area contributed by atoms with Crippen LogP contribution in [-0.2, 0) is 14.9 Å². The molecule has 0 aliphatic carbocycles. The number of unbranched alkanes of at least 4 members (excludes halogenated alkanes) is 14. The number of aliphatic hydroxyl groups excluding tert-OH is 1. The van der Waals surface area contributed by atoms with Crippen LogP contribution >= 0.6 is 0 Å². The predicted octanol–water partition coefficient (Wildman–Crippen LogP) is 9.73. The quantitative estimate of drug-likeness (QED) is 0.0414. The Morgan fingerprint density at radius 2 is 1.09 bits per heavy atom. The van der Waals surface area contributed by atoms with E-state index in [-0.39, 0.29) is 12.3 Å². The molecule has 0 aliphatic rings. The second-order valence-corrected chi connectivity index (χ2v) is 13.3. The molecule has 0 saturated heterocycles. The number of hydrogen-bond acceptors (Lipinski definition) is 4. The molecule has 44 heavy (non-hydrogen) atoms. The highest BCUT2D eigenvalue weighted by Gasteiger charge is 2.24. The second-order valence-electron chi connectivity index (χ2n) is 11.8. The van der Waals surface area contributed by atoms with Gasteiger partial charge in [0.15, 0.2) is 0 Å². The molecule has 3 N–H and O–H groups in total. The standard InChI is InChI=1S/C37H65NO5S/c1-3-5-7-9-11-13-15-17-18-19-21-22-24-26-28-30-32-36(39)35(34-44(41,42)43)38-37(40)33-31-29-27-25-23-20-16-14-12-10-8-6-4-2/h6,8,12,14,20,23,27,29-30,32,35-36,39H,3-5,7,9-11,13,15-19,21-22,24-26,28,31,33-34H2,1-2H3,(H,38,40)(H,41,42,43)/b8-6-,14-12-,23-20-,29-27-,32-30+. The van der Waals surface area contributed by atoms with E-state index in [9.17, 15) is 22.9 Å². The summed E-state index contributed by atoms with van der Waals surface area (Å²) in [4.78, 5) is 12.4. The molecule has 0 radical (unpaired) electrons. The molecular weight excluding hydrogens is 570 g/mol. The van der Waals surface area contributed by atoms with E-state index in [1.807, 2.05) is 18.2 Å². The summed E-state index contributed by atoms with van der Waals surface area (Å²) in [6.45, 7) is 4.38. The van der Waals surface area contributed by atoms with Gasteiger partial charge >= 0.3 is 0 Å². The van der Waals surface area contributed by atoms with Crippen LogP contribution in [0.1, 0.15) is 149 Å². The van der Waals surface area contributed by atoms with E-state index in [0.29, 0.717) is 6.42 Å². The molecule has 1 amide bonds. The Labute approximate surface area is 271 Å². The normalized spacial score (nSPS) is 14.2. The summed E-state index contributed by atoms with van der Waals surface area (Å²) in [5.74, 6) is -1.09. The highest BCUT2D eigenvalue weighted by atomic mass is 32.2. The number of allylic oxidation sites excluding steroid dienone is 9. The summed E-state index contributed by atoms with van der Waals surface area (Å²) in [6.07, 6.45) is 42.2. The Balaban J connectivity index is 4.13. The summed E-state index contributed by atoms with van der Waals surface area (Å²) in [6, 6.07) is -1.09. The Morgan fingerprint density at radius 3 is 1.57 bits per heavy atom. The maximum absolute atomic E-state index is 12.4. The number of nitrogens with one attached hydrogen (secondary N) is 1. The summed E-state index contributed by atoms with van der Waals surface area (Å²) >= 11 is 0. The minimum atomic E-state index is -4.36.